The van der Waals surface area contributed by atoms with E-state index in [4.69, 9.17) is 10.5 Å². The lowest BCUT2D eigenvalue weighted by atomic mass is 10.1. The highest BCUT2D eigenvalue weighted by Crippen LogP contribution is 2.29. The number of benzene rings is 1. The third kappa shape index (κ3) is 1.79. The Labute approximate surface area is 91.9 Å². The minimum atomic E-state index is -0.375. The molecule has 0 radical (unpaired) electrons. The lowest BCUT2D eigenvalue weighted by Gasteiger charge is -2.07. The monoisotopic (exact) mass is 219 g/mol. The molecule has 0 aliphatic carbocycles. The Balaban J connectivity index is 2.59. The van der Waals surface area contributed by atoms with Gasteiger partial charge in [0.1, 0.15) is 11.6 Å². The third-order valence-electron chi connectivity index (χ3n) is 2.23. The summed E-state index contributed by atoms with van der Waals surface area (Å²) < 4.78 is 18.6. The molecule has 1 aromatic heterocycles. The first-order valence-electron chi connectivity index (χ1n) is 4.62. The minimum absolute atomic E-state index is 0.353. The van der Waals surface area contributed by atoms with E-state index in [9.17, 15) is 4.39 Å². The summed E-state index contributed by atoms with van der Waals surface area (Å²) in [6.45, 7) is 0. The number of nitrogens with two attached hydrogens (primary N) is 1. The number of nitrogen functional groups attached to an aromatic ring is 1. The molecule has 1 heterocycles. The van der Waals surface area contributed by atoms with Crippen molar-refractivity contribution in [1.82, 2.24) is 10.2 Å². The fourth-order valence-electron chi connectivity index (χ4n) is 1.39. The Morgan fingerprint density at radius 1 is 1.19 bits per heavy atom. The molecule has 2 aromatic rings. The van der Waals surface area contributed by atoms with E-state index in [0.717, 1.165) is 0 Å². The fraction of sp³-hybridized carbons (Fsp3) is 0.0909. The van der Waals surface area contributed by atoms with Crippen LogP contribution < -0.4 is 10.5 Å². The highest BCUT2D eigenvalue weighted by atomic mass is 19.1. The Hall–Kier alpha value is -2.17. The van der Waals surface area contributed by atoms with Gasteiger partial charge >= 0.3 is 0 Å². The second-order valence-electron chi connectivity index (χ2n) is 3.20. The van der Waals surface area contributed by atoms with Gasteiger partial charge in [0.05, 0.1) is 25.2 Å². The van der Waals surface area contributed by atoms with E-state index in [1.807, 2.05) is 0 Å². The van der Waals surface area contributed by atoms with Crippen LogP contribution in [0.25, 0.3) is 11.1 Å². The molecular formula is C11H10FN3O. The summed E-state index contributed by atoms with van der Waals surface area (Å²) in [5.41, 5.74) is 6.94. The second-order valence-corrected chi connectivity index (χ2v) is 3.20. The molecule has 2 rings (SSSR count). The predicted molar refractivity (Wildman–Crippen MR) is 58.4 cm³/mol. The van der Waals surface area contributed by atoms with Gasteiger partial charge < -0.3 is 10.5 Å². The largest absolute Gasteiger partial charge is 0.497 e. The van der Waals surface area contributed by atoms with E-state index in [1.165, 1.54) is 25.6 Å². The predicted octanol–water partition coefficient (Wildman–Crippen LogP) is 1.87. The van der Waals surface area contributed by atoms with Crippen molar-refractivity contribution in [3.8, 4) is 16.9 Å². The lowest BCUT2D eigenvalue weighted by Crippen LogP contribution is -1.95. The van der Waals surface area contributed by atoms with Gasteiger partial charge in [-0.1, -0.05) is 0 Å². The van der Waals surface area contributed by atoms with Crippen LogP contribution in [0.5, 0.6) is 5.75 Å². The average molecular weight is 219 g/mol. The number of methoxy groups -OCH3 is 1. The Morgan fingerprint density at radius 2 is 1.94 bits per heavy atom. The van der Waals surface area contributed by atoms with Gasteiger partial charge in [-0.3, -0.25) is 0 Å². The first kappa shape index (κ1) is 10.4. The van der Waals surface area contributed by atoms with E-state index in [0.29, 0.717) is 22.6 Å². The van der Waals surface area contributed by atoms with E-state index >= 15 is 0 Å². The van der Waals surface area contributed by atoms with Crippen molar-refractivity contribution in [1.29, 1.82) is 0 Å². The van der Waals surface area contributed by atoms with Gasteiger partial charge in [0.15, 0.2) is 0 Å². The Morgan fingerprint density at radius 3 is 2.62 bits per heavy atom. The van der Waals surface area contributed by atoms with Crippen molar-refractivity contribution >= 4 is 5.69 Å². The van der Waals surface area contributed by atoms with Crippen molar-refractivity contribution in [2.75, 3.05) is 12.8 Å². The van der Waals surface area contributed by atoms with Crippen molar-refractivity contribution in [3.05, 3.63) is 36.4 Å². The van der Waals surface area contributed by atoms with Crippen molar-refractivity contribution in [3.63, 3.8) is 0 Å². The number of aromatic nitrogens is 2. The summed E-state index contributed by atoms with van der Waals surface area (Å²) in [6, 6.07) is 4.44. The Kier molecular flexibility index (Phi) is 2.68. The molecule has 1 aromatic carbocycles. The first-order valence-corrected chi connectivity index (χ1v) is 4.62. The summed E-state index contributed by atoms with van der Waals surface area (Å²) in [6.07, 6.45) is 2.81. The van der Waals surface area contributed by atoms with Crippen LogP contribution in [-0.2, 0) is 0 Å². The molecule has 2 N–H and O–H groups in total. The van der Waals surface area contributed by atoms with Crippen LogP contribution in [0.1, 0.15) is 0 Å². The number of rotatable bonds is 2. The van der Waals surface area contributed by atoms with Gasteiger partial charge in [0, 0.05) is 11.1 Å². The average Bonchev–Trinajstić information content (AvgIpc) is 2.31. The van der Waals surface area contributed by atoms with Gasteiger partial charge in [0.25, 0.3) is 0 Å². The molecule has 82 valence electrons. The molecule has 0 atom stereocenters. The van der Waals surface area contributed by atoms with E-state index < -0.39 is 0 Å². The number of nitrogens with zero attached hydrogens (tertiary/aromatic N) is 2. The molecule has 0 fully saturated rings. The maximum Gasteiger partial charge on any atom is 0.131 e. The first-order chi connectivity index (χ1) is 7.72. The molecule has 0 saturated heterocycles. The topological polar surface area (TPSA) is 61.0 Å². The summed E-state index contributed by atoms with van der Waals surface area (Å²) >= 11 is 0. The van der Waals surface area contributed by atoms with Crippen LogP contribution in [0.3, 0.4) is 0 Å². The minimum Gasteiger partial charge on any atom is -0.497 e. The molecule has 0 saturated carbocycles. The smallest absolute Gasteiger partial charge is 0.131 e. The summed E-state index contributed by atoms with van der Waals surface area (Å²) in [4.78, 5) is 0. The molecular weight excluding hydrogens is 209 g/mol. The van der Waals surface area contributed by atoms with Crippen LogP contribution in [0.4, 0.5) is 10.1 Å². The Bertz CT molecular complexity index is 516. The molecule has 0 aliphatic heterocycles. The maximum atomic E-state index is 13.6. The van der Waals surface area contributed by atoms with Crippen molar-refractivity contribution < 1.29 is 9.13 Å². The molecule has 0 aliphatic rings. The molecule has 16 heavy (non-hydrogen) atoms. The number of hydrogen-bond donors (Lipinski definition) is 1. The molecule has 5 heteroatoms. The molecule has 4 nitrogen and oxygen atoms in total. The van der Waals surface area contributed by atoms with E-state index in [2.05, 4.69) is 10.2 Å². The summed E-state index contributed by atoms with van der Waals surface area (Å²) in [5.74, 6) is 0.188. The van der Waals surface area contributed by atoms with Gasteiger partial charge in [-0.05, 0) is 18.2 Å². The van der Waals surface area contributed by atoms with Gasteiger partial charge in [-0.25, -0.2) is 4.39 Å². The lowest BCUT2D eigenvalue weighted by molar-refractivity contribution is 0.414. The van der Waals surface area contributed by atoms with E-state index in [-0.39, 0.29) is 5.82 Å². The highest BCUT2D eigenvalue weighted by molar-refractivity contribution is 5.75. The maximum absolute atomic E-state index is 13.6. The molecule has 0 unspecified atom stereocenters. The molecule has 0 spiro atoms. The fourth-order valence-corrected chi connectivity index (χ4v) is 1.39. The zero-order valence-corrected chi connectivity index (χ0v) is 8.64. The van der Waals surface area contributed by atoms with Crippen LogP contribution >= 0.6 is 0 Å². The van der Waals surface area contributed by atoms with Crippen LogP contribution in [-0.4, -0.2) is 17.3 Å². The summed E-state index contributed by atoms with van der Waals surface area (Å²) in [5, 5.41) is 7.29. The number of hydrogen-bond acceptors (Lipinski definition) is 4. The number of halogens is 1. The van der Waals surface area contributed by atoms with Crippen LogP contribution in [0, 0.1) is 5.82 Å². The normalized spacial score (nSPS) is 10.1. The van der Waals surface area contributed by atoms with Crippen LogP contribution in [0.15, 0.2) is 30.6 Å². The molecule has 0 amide bonds. The van der Waals surface area contributed by atoms with Gasteiger partial charge in [-0.15, -0.1) is 0 Å². The summed E-state index contributed by atoms with van der Waals surface area (Å²) in [7, 11) is 1.52. The second kappa shape index (κ2) is 4.14. The molecule has 0 bridgehead atoms. The highest BCUT2D eigenvalue weighted by Gasteiger charge is 2.10. The van der Waals surface area contributed by atoms with Gasteiger partial charge in [-0.2, -0.15) is 10.2 Å². The standard InChI is InChI=1S/C11H10FN3O/c1-16-7-2-3-10(12)8(4-7)9-5-14-15-6-11(9)13/h2-6H,1H3,(H2,13,14). The zero-order valence-electron chi connectivity index (χ0n) is 8.64. The van der Waals surface area contributed by atoms with E-state index in [1.54, 1.807) is 12.1 Å². The van der Waals surface area contributed by atoms with Crippen LogP contribution in [0.2, 0.25) is 0 Å². The van der Waals surface area contributed by atoms with Crippen molar-refractivity contribution in [2.24, 2.45) is 0 Å². The number of ether oxygens (including phenoxy) is 1. The van der Waals surface area contributed by atoms with Gasteiger partial charge in [0.2, 0.25) is 0 Å². The third-order valence-corrected chi connectivity index (χ3v) is 2.23. The van der Waals surface area contributed by atoms with Crippen molar-refractivity contribution in [2.45, 2.75) is 0 Å². The SMILES string of the molecule is COc1ccc(F)c(-c2cnncc2N)c1. The number of anilines is 1. The zero-order chi connectivity index (χ0) is 11.5. The quantitative estimate of drug-likeness (QED) is 0.837.